The van der Waals surface area contributed by atoms with Gasteiger partial charge >= 0.3 is 11.9 Å². The lowest BCUT2D eigenvalue weighted by Crippen LogP contribution is -2.55. The predicted octanol–water partition coefficient (Wildman–Crippen LogP) is -0.662. The zero-order valence-corrected chi connectivity index (χ0v) is 10.8. The van der Waals surface area contributed by atoms with E-state index >= 15 is 0 Å². The highest BCUT2D eigenvalue weighted by molar-refractivity contribution is 5.73. The molecular formula is C13H17NO6. The van der Waals surface area contributed by atoms with Gasteiger partial charge in [0.15, 0.2) is 0 Å². The minimum atomic E-state index is -1.46. The van der Waals surface area contributed by atoms with Crippen molar-refractivity contribution in [1.29, 1.82) is 0 Å². The fourth-order valence-corrected chi connectivity index (χ4v) is 2.05. The van der Waals surface area contributed by atoms with Crippen molar-refractivity contribution >= 4 is 11.9 Å². The number of carbonyl (C=O) groups is 2. The maximum Gasteiger partial charge on any atom is 0.317 e. The summed E-state index contributed by atoms with van der Waals surface area (Å²) >= 11 is 0. The third-order valence-corrected chi connectivity index (χ3v) is 3.09. The zero-order valence-electron chi connectivity index (χ0n) is 10.8. The highest BCUT2D eigenvalue weighted by Crippen LogP contribution is 2.27. The van der Waals surface area contributed by atoms with E-state index in [1.807, 2.05) is 0 Å². The van der Waals surface area contributed by atoms with Crippen molar-refractivity contribution < 1.29 is 30.0 Å². The number of carboxylic acid groups (broad SMARTS) is 2. The van der Waals surface area contributed by atoms with Crippen LogP contribution >= 0.6 is 0 Å². The van der Waals surface area contributed by atoms with Gasteiger partial charge in [0.25, 0.3) is 0 Å². The fourth-order valence-electron chi connectivity index (χ4n) is 2.05. The van der Waals surface area contributed by atoms with Crippen LogP contribution in [-0.2, 0) is 15.1 Å². The molecule has 7 heteroatoms. The topological polar surface area (TPSA) is 118 Å². The molecule has 7 nitrogen and oxygen atoms in total. The first-order valence-electron chi connectivity index (χ1n) is 5.92. The first-order valence-corrected chi connectivity index (χ1v) is 5.92. The molecule has 0 radical (unpaired) electrons. The van der Waals surface area contributed by atoms with Crippen LogP contribution in [-0.4, -0.2) is 63.6 Å². The van der Waals surface area contributed by atoms with Gasteiger partial charge in [-0.25, -0.2) is 0 Å². The van der Waals surface area contributed by atoms with Gasteiger partial charge in [-0.3, -0.25) is 14.5 Å². The van der Waals surface area contributed by atoms with Crippen molar-refractivity contribution in [3.63, 3.8) is 0 Å². The first kappa shape index (κ1) is 16.1. The summed E-state index contributed by atoms with van der Waals surface area (Å²) in [5.74, 6) is -2.48. The molecular weight excluding hydrogens is 266 g/mol. The van der Waals surface area contributed by atoms with Gasteiger partial charge in [0.2, 0.25) is 0 Å². The lowest BCUT2D eigenvalue weighted by atomic mass is 9.89. The number of carboxylic acids is 2. The van der Waals surface area contributed by atoms with E-state index in [1.165, 1.54) is 0 Å². The first-order chi connectivity index (χ1) is 9.46. The lowest BCUT2D eigenvalue weighted by molar-refractivity contribution is -0.147. The van der Waals surface area contributed by atoms with Crippen molar-refractivity contribution in [2.45, 2.75) is 5.54 Å². The number of nitrogens with zero attached hydrogens (tertiary/aromatic N) is 1. The average molecular weight is 283 g/mol. The van der Waals surface area contributed by atoms with Gasteiger partial charge < -0.3 is 20.4 Å². The number of benzene rings is 1. The van der Waals surface area contributed by atoms with E-state index in [-0.39, 0.29) is 0 Å². The van der Waals surface area contributed by atoms with Crippen LogP contribution in [0.25, 0.3) is 0 Å². The largest absolute Gasteiger partial charge is 0.480 e. The van der Waals surface area contributed by atoms with Gasteiger partial charge in [-0.2, -0.15) is 0 Å². The SMILES string of the molecule is O=C(O)CN(CC(=O)O)C(CO)(CO)c1ccccc1. The second kappa shape index (κ2) is 6.99. The molecule has 1 aromatic carbocycles. The number of aliphatic hydroxyl groups excluding tert-OH is 2. The molecule has 0 heterocycles. The predicted molar refractivity (Wildman–Crippen MR) is 69.1 cm³/mol. The minimum absolute atomic E-state index is 0.451. The van der Waals surface area contributed by atoms with Crippen molar-refractivity contribution in [3.8, 4) is 0 Å². The monoisotopic (exact) mass is 283 g/mol. The Kier molecular flexibility index (Phi) is 5.63. The summed E-state index contributed by atoms with van der Waals surface area (Å²) in [5.41, 5.74) is -1.01. The van der Waals surface area contributed by atoms with Crippen LogP contribution in [0, 0.1) is 0 Å². The summed E-state index contributed by atoms with van der Waals surface area (Å²) in [5, 5.41) is 37.1. The molecule has 110 valence electrons. The van der Waals surface area contributed by atoms with E-state index in [0.717, 1.165) is 4.90 Å². The summed E-state index contributed by atoms with van der Waals surface area (Å²) in [7, 11) is 0. The Bertz CT molecular complexity index is 441. The molecule has 0 unspecified atom stereocenters. The maximum atomic E-state index is 10.9. The van der Waals surface area contributed by atoms with Gasteiger partial charge in [0, 0.05) is 0 Å². The van der Waals surface area contributed by atoms with E-state index < -0.39 is 43.8 Å². The van der Waals surface area contributed by atoms with E-state index in [0.29, 0.717) is 5.56 Å². The van der Waals surface area contributed by atoms with Gasteiger partial charge in [-0.1, -0.05) is 30.3 Å². The number of aliphatic carboxylic acids is 2. The van der Waals surface area contributed by atoms with Crippen molar-refractivity contribution in [2.75, 3.05) is 26.3 Å². The summed E-state index contributed by atoms with van der Waals surface area (Å²) in [6.45, 7) is -2.42. The van der Waals surface area contributed by atoms with Gasteiger partial charge in [0.1, 0.15) is 0 Å². The summed E-state index contributed by atoms with van der Waals surface area (Å²) in [4.78, 5) is 22.8. The molecule has 1 aromatic rings. The number of rotatable bonds is 8. The smallest absolute Gasteiger partial charge is 0.317 e. The average Bonchev–Trinajstić information content (AvgIpc) is 2.40. The fraction of sp³-hybridized carbons (Fsp3) is 0.385. The molecule has 0 saturated heterocycles. The number of hydrogen-bond donors (Lipinski definition) is 4. The molecule has 1 rings (SSSR count). The Morgan fingerprint density at radius 1 is 0.950 bits per heavy atom. The van der Waals surface area contributed by atoms with Crippen molar-refractivity contribution in [3.05, 3.63) is 35.9 Å². The van der Waals surface area contributed by atoms with E-state index in [1.54, 1.807) is 30.3 Å². The molecule has 4 N–H and O–H groups in total. The van der Waals surface area contributed by atoms with Crippen LogP contribution in [0.4, 0.5) is 0 Å². The molecule has 0 bridgehead atoms. The van der Waals surface area contributed by atoms with Crippen LogP contribution in [0.1, 0.15) is 5.56 Å². The molecule has 0 fully saturated rings. The highest BCUT2D eigenvalue weighted by atomic mass is 16.4. The normalized spacial score (nSPS) is 11.6. The summed E-state index contributed by atoms with van der Waals surface area (Å²) in [6, 6.07) is 8.25. The summed E-state index contributed by atoms with van der Waals surface area (Å²) in [6.07, 6.45) is 0. The Morgan fingerprint density at radius 2 is 1.40 bits per heavy atom. The third-order valence-electron chi connectivity index (χ3n) is 3.09. The second-order valence-corrected chi connectivity index (χ2v) is 4.36. The van der Waals surface area contributed by atoms with E-state index in [2.05, 4.69) is 0 Å². The molecule has 0 aromatic heterocycles. The van der Waals surface area contributed by atoms with E-state index in [4.69, 9.17) is 10.2 Å². The summed E-state index contributed by atoms with van der Waals surface area (Å²) < 4.78 is 0. The Labute approximate surface area is 115 Å². The zero-order chi connectivity index (χ0) is 15.2. The highest BCUT2D eigenvalue weighted by Gasteiger charge is 2.39. The molecule has 0 amide bonds. The van der Waals surface area contributed by atoms with Gasteiger partial charge in [-0.05, 0) is 5.56 Å². The number of hydrogen-bond acceptors (Lipinski definition) is 5. The molecule has 0 atom stereocenters. The van der Waals surface area contributed by atoms with Crippen LogP contribution in [0.3, 0.4) is 0 Å². The van der Waals surface area contributed by atoms with Crippen LogP contribution in [0.5, 0.6) is 0 Å². The molecule has 0 spiro atoms. The quantitative estimate of drug-likeness (QED) is 0.500. The van der Waals surface area contributed by atoms with Crippen LogP contribution in [0.2, 0.25) is 0 Å². The van der Waals surface area contributed by atoms with Gasteiger partial charge in [-0.15, -0.1) is 0 Å². The Morgan fingerprint density at radius 3 is 1.75 bits per heavy atom. The second-order valence-electron chi connectivity index (χ2n) is 4.36. The van der Waals surface area contributed by atoms with Crippen LogP contribution < -0.4 is 0 Å². The third kappa shape index (κ3) is 3.53. The molecule has 20 heavy (non-hydrogen) atoms. The van der Waals surface area contributed by atoms with Gasteiger partial charge in [0.05, 0.1) is 31.8 Å². The van der Waals surface area contributed by atoms with Crippen molar-refractivity contribution in [2.24, 2.45) is 0 Å². The maximum absolute atomic E-state index is 10.9. The Hall–Kier alpha value is -1.96. The Balaban J connectivity index is 3.24. The van der Waals surface area contributed by atoms with Crippen LogP contribution in [0.15, 0.2) is 30.3 Å². The molecule has 0 aliphatic carbocycles. The molecule has 0 aliphatic rings. The number of aliphatic hydroxyl groups is 2. The molecule has 0 aliphatic heterocycles. The standard InChI is InChI=1S/C13H17NO6/c15-8-13(9-16,10-4-2-1-3-5-10)14(6-11(17)18)7-12(19)20/h1-5,15-16H,6-9H2,(H,17,18)(H,19,20). The van der Waals surface area contributed by atoms with E-state index in [9.17, 15) is 19.8 Å². The lowest BCUT2D eigenvalue weighted by Gasteiger charge is -2.40. The minimum Gasteiger partial charge on any atom is -0.480 e. The van der Waals surface area contributed by atoms with Crippen molar-refractivity contribution in [1.82, 2.24) is 4.90 Å². The molecule has 0 saturated carbocycles.